The zero-order valence-electron chi connectivity index (χ0n) is 18.9. The van der Waals surface area contributed by atoms with E-state index < -0.39 is 0 Å². The molecule has 0 aliphatic rings. The van der Waals surface area contributed by atoms with Crippen LogP contribution in [0.4, 0.5) is 4.39 Å². The molecule has 0 aliphatic heterocycles. The lowest BCUT2D eigenvalue weighted by molar-refractivity contribution is 0.280. The van der Waals surface area contributed by atoms with Crippen LogP contribution >= 0.6 is 0 Å². The van der Waals surface area contributed by atoms with E-state index in [1.165, 1.54) is 17.7 Å². The van der Waals surface area contributed by atoms with Crippen molar-refractivity contribution in [3.8, 4) is 11.1 Å². The number of aryl methyl sites for hydroxylation is 1. The molecule has 0 bridgehead atoms. The van der Waals surface area contributed by atoms with E-state index in [0.29, 0.717) is 0 Å². The molecule has 1 N–H and O–H groups in total. The van der Waals surface area contributed by atoms with Crippen LogP contribution in [-0.4, -0.2) is 10.1 Å². The molecule has 3 rings (SSSR count). The fourth-order valence-electron chi connectivity index (χ4n) is 3.96. The summed E-state index contributed by atoms with van der Waals surface area (Å²) in [5.74, 6) is 0.129. The highest BCUT2D eigenvalue weighted by atomic mass is 19.1. The summed E-state index contributed by atoms with van der Waals surface area (Å²) in [4.78, 5) is 5.00. The van der Waals surface area contributed by atoms with Gasteiger partial charge in [0.2, 0.25) is 0 Å². The average Bonchev–Trinajstić information content (AvgIpc) is 2.76. The molecule has 3 aromatic rings. The Morgan fingerprint density at radius 2 is 1.55 bits per heavy atom. The van der Waals surface area contributed by atoms with E-state index in [4.69, 9.17) is 4.98 Å². The molecule has 2 aromatic carbocycles. The second-order valence-corrected chi connectivity index (χ2v) is 8.55. The maximum absolute atomic E-state index is 13.6. The number of pyridine rings is 1. The van der Waals surface area contributed by atoms with Gasteiger partial charge in [-0.15, -0.1) is 0 Å². The summed E-state index contributed by atoms with van der Waals surface area (Å²) in [6.45, 7) is 8.36. The van der Waals surface area contributed by atoms with Gasteiger partial charge in [0.1, 0.15) is 5.82 Å². The highest BCUT2D eigenvalue weighted by Gasteiger charge is 2.22. The predicted octanol–water partition coefficient (Wildman–Crippen LogP) is 7.27. The van der Waals surface area contributed by atoms with E-state index in [1.54, 1.807) is 12.1 Å². The first-order valence-corrected chi connectivity index (χ1v) is 11.1. The number of halogens is 1. The van der Waals surface area contributed by atoms with Crippen LogP contribution in [0.5, 0.6) is 0 Å². The minimum atomic E-state index is -0.267. The summed E-state index contributed by atoms with van der Waals surface area (Å²) in [5.41, 5.74) is 6.93. The van der Waals surface area contributed by atoms with E-state index in [-0.39, 0.29) is 24.3 Å². The lowest BCUT2D eigenvalue weighted by Crippen LogP contribution is -2.10. The van der Waals surface area contributed by atoms with Gasteiger partial charge >= 0.3 is 0 Å². The Kier molecular flexibility index (Phi) is 7.75. The molecule has 0 unspecified atom stereocenters. The largest absolute Gasteiger partial charge is 0.392 e. The molecule has 1 heterocycles. The normalized spacial score (nSPS) is 11.7. The molecule has 31 heavy (non-hydrogen) atoms. The average molecular weight is 418 g/mol. The van der Waals surface area contributed by atoms with Crippen molar-refractivity contribution in [2.45, 2.75) is 59.0 Å². The number of aliphatic hydroxyl groups is 1. The summed E-state index contributed by atoms with van der Waals surface area (Å²) >= 11 is 0. The van der Waals surface area contributed by atoms with Gasteiger partial charge < -0.3 is 5.11 Å². The number of hydrogen-bond acceptors (Lipinski definition) is 2. The van der Waals surface area contributed by atoms with Crippen molar-refractivity contribution in [1.29, 1.82) is 0 Å². The summed E-state index contributed by atoms with van der Waals surface area (Å²) in [7, 11) is 0. The highest BCUT2D eigenvalue weighted by molar-refractivity contribution is 5.80. The van der Waals surface area contributed by atoms with Crippen molar-refractivity contribution in [3.63, 3.8) is 0 Å². The highest BCUT2D eigenvalue weighted by Crippen LogP contribution is 2.37. The molecule has 3 heteroatoms. The van der Waals surface area contributed by atoms with E-state index in [2.05, 4.69) is 64.1 Å². The van der Waals surface area contributed by atoms with Gasteiger partial charge in [-0.1, -0.05) is 82.3 Å². The van der Waals surface area contributed by atoms with Gasteiger partial charge in [0, 0.05) is 16.8 Å². The fourth-order valence-corrected chi connectivity index (χ4v) is 3.96. The van der Waals surface area contributed by atoms with Crippen LogP contribution in [0, 0.1) is 5.82 Å². The predicted molar refractivity (Wildman–Crippen MR) is 128 cm³/mol. The summed E-state index contributed by atoms with van der Waals surface area (Å²) in [6, 6.07) is 17.0. The smallest absolute Gasteiger partial charge is 0.123 e. The summed E-state index contributed by atoms with van der Waals surface area (Å²) < 4.78 is 13.6. The lowest BCUT2D eigenvalue weighted by Gasteiger charge is -2.23. The van der Waals surface area contributed by atoms with E-state index in [0.717, 1.165) is 46.5 Å². The number of aromatic nitrogens is 1. The Morgan fingerprint density at radius 3 is 2.13 bits per heavy atom. The third-order valence-electron chi connectivity index (χ3n) is 5.51. The summed E-state index contributed by atoms with van der Waals surface area (Å²) in [6.07, 6.45) is 6.18. The minimum absolute atomic E-state index is 0.101. The van der Waals surface area contributed by atoms with Gasteiger partial charge in [-0.05, 0) is 53.5 Å². The van der Waals surface area contributed by atoms with Gasteiger partial charge in [-0.3, -0.25) is 4.98 Å². The number of hydrogen-bond donors (Lipinski definition) is 1. The van der Waals surface area contributed by atoms with Crippen LogP contribution in [0.3, 0.4) is 0 Å². The minimum Gasteiger partial charge on any atom is -0.392 e. The van der Waals surface area contributed by atoms with Crippen molar-refractivity contribution in [3.05, 3.63) is 94.6 Å². The van der Waals surface area contributed by atoms with Crippen molar-refractivity contribution < 1.29 is 9.50 Å². The third kappa shape index (κ3) is 5.48. The maximum atomic E-state index is 13.6. The molecular formula is C28H32FNO. The molecule has 0 saturated heterocycles. The zero-order chi connectivity index (χ0) is 22.4. The molecule has 162 valence electrons. The summed E-state index contributed by atoms with van der Waals surface area (Å²) in [5, 5.41) is 10.3. The van der Waals surface area contributed by atoms with Crippen molar-refractivity contribution in [2.24, 2.45) is 0 Å². The molecule has 0 aliphatic carbocycles. The zero-order valence-corrected chi connectivity index (χ0v) is 18.9. The van der Waals surface area contributed by atoms with Gasteiger partial charge in [0.05, 0.1) is 12.3 Å². The standard InChI is InChI=1S/C28H32FNO/c1-19(2)27-24(13-9-8-12-21-10-6-5-7-11-21)26(22-14-16-23(29)17-15-22)25(18-31)28(30-27)20(3)4/h5-7,9-11,13-17,19-20,31H,8,12,18H2,1-4H3. The van der Waals surface area contributed by atoms with Crippen LogP contribution in [0.1, 0.15) is 74.0 Å². The number of rotatable bonds is 8. The second kappa shape index (κ2) is 10.5. The van der Waals surface area contributed by atoms with Crippen LogP contribution in [0.15, 0.2) is 60.7 Å². The topological polar surface area (TPSA) is 33.1 Å². The van der Waals surface area contributed by atoms with Gasteiger partial charge in [0.25, 0.3) is 0 Å². The Morgan fingerprint density at radius 1 is 0.903 bits per heavy atom. The number of aliphatic hydroxyl groups excluding tert-OH is 1. The van der Waals surface area contributed by atoms with Crippen molar-refractivity contribution in [2.75, 3.05) is 0 Å². The number of nitrogens with zero attached hydrogens (tertiary/aromatic N) is 1. The molecule has 0 spiro atoms. The maximum Gasteiger partial charge on any atom is 0.123 e. The van der Waals surface area contributed by atoms with Crippen molar-refractivity contribution >= 4 is 6.08 Å². The first kappa shape index (κ1) is 22.9. The first-order chi connectivity index (χ1) is 14.9. The quantitative estimate of drug-likeness (QED) is 0.418. The molecule has 1 aromatic heterocycles. The Hall–Kier alpha value is -2.78. The number of allylic oxidation sites excluding steroid dienone is 1. The molecule has 0 radical (unpaired) electrons. The van der Waals surface area contributed by atoms with Gasteiger partial charge in [0.15, 0.2) is 0 Å². The van der Waals surface area contributed by atoms with E-state index >= 15 is 0 Å². The third-order valence-corrected chi connectivity index (χ3v) is 5.51. The lowest BCUT2D eigenvalue weighted by atomic mass is 9.87. The fraction of sp³-hybridized carbons (Fsp3) is 0.321. The van der Waals surface area contributed by atoms with Gasteiger partial charge in [-0.25, -0.2) is 4.39 Å². The van der Waals surface area contributed by atoms with Crippen LogP contribution < -0.4 is 0 Å². The molecular weight excluding hydrogens is 385 g/mol. The SMILES string of the molecule is CC(C)c1nc(C(C)C)c(CO)c(-c2ccc(F)cc2)c1C=CCCc1ccccc1. The first-order valence-electron chi connectivity index (χ1n) is 11.1. The number of benzene rings is 2. The molecule has 0 fully saturated rings. The Bertz CT molecular complexity index is 1020. The van der Waals surface area contributed by atoms with Crippen LogP contribution in [-0.2, 0) is 13.0 Å². The van der Waals surface area contributed by atoms with Gasteiger partial charge in [-0.2, -0.15) is 0 Å². The van der Waals surface area contributed by atoms with Crippen molar-refractivity contribution in [1.82, 2.24) is 4.98 Å². The second-order valence-electron chi connectivity index (χ2n) is 8.55. The van der Waals surface area contributed by atoms with Crippen LogP contribution in [0.2, 0.25) is 0 Å². The van der Waals surface area contributed by atoms with Crippen LogP contribution in [0.25, 0.3) is 17.2 Å². The molecule has 2 nitrogen and oxygen atoms in total. The molecule has 0 saturated carbocycles. The Balaban J connectivity index is 2.12. The Labute approximate surface area is 185 Å². The van der Waals surface area contributed by atoms with E-state index in [1.807, 2.05) is 6.07 Å². The molecule has 0 atom stereocenters. The monoisotopic (exact) mass is 417 g/mol. The van der Waals surface area contributed by atoms with E-state index in [9.17, 15) is 9.50 Å². The molecule has 0 amide bonds.